The summed E-state index contributed by atoms with van der Waals surface area (Å²) in [5, 5.41) is 17.8. The van der Waals surface area contributed by atoms with Crippen LogP contribution in [0.25, 0.3) is 0 Å². The van der Waals surface area contributed by atoms with E-state index in [1.165, 1.54) is 12.1 Å². The average molecular weight is 411 g/mol. The number of carboxylic acid groups (broad SMARTS) is 1. The van der Waals surface area contributed by atoms with Crippen molar-refractivity contribution in [1.82, 2.24) is 15.3 Å². The Labute approximate surface area is 175 Å². The van der Waals surface area contributed by atoms with Crippen molar-refractivity contribution >= 4 is 23.5 Å². The van der Waals surface area contributed by atoms with Crippen molar-refractivity contribution in [3.05, 3.63) is 41.8 Å². The first kappa shape index (κ1) is 21.4. The molecule has 158 valence electrons. The highest BCUT2D eigenvalue weighted by molar-refractivity contribution is 5.65. The van der Waals surface area contributed by atoms with Crippen LogP contribution in [-0.2, 0) is 0 Å². The van der Waals surface area contributed by atoms with Crippen molar-refractivity contribution < 1.29 is 14.3 Å². The fourth-order valence-electron chi connectivity index (χ4n) is 3.41. The molecule has 4 N–H and O–H groups in total. The maximum Gasteiger partial charge on any atom is 0.404 e. The Hall–Kier alpha value is -3.34. The number of nitrogens with one attached hydrogen (secondary N) is 3. The maximum atomic E-state index is 13.4. The molecule has 7 nitrogen and oxygen atoms in total. The van der Waals surface area contributed by atoms with Crippen LogP contribution >= 0.6 is 0 Å². The van der Waals surface area contributed by atoms with Crippen molar-refractivity contribution in [2.75, 3.05) is 17.2 Å². The number of halogens is 1. The molecule has 0 saturated heterocycles. The van der Waals surface area contributed by atoms with Crippen LogP contribution in [0.4, 0.5) is 26.6 Å². The summed E-state index contributed by atoms with van der Waals surface area (Å²) in [6.07, 6.45) is 5.02. The quantitative estimate of drug-likeness (QED) is 0.527. The van der Waals surface area contributed by atoms with Gasteiger partial charge in [0.25, 0.3) is 0 Å². The number of amides is 1. The molecule has 0 radical (unpaired) electrons. The second kappa shape index (κ2) is 10.4. The van der Waals surface area contributed by atoms with Gasteiger partial charge in [0.05, 0.1) is 11.8 Å². The Kier molecular flexibility index (Phi) is 7.44. The lowest BCUT2D eigenvalue weighted by Gasteiger charge is -2.25. The van der Waals surface area contributed by atoms with Crippen LogP contribution in [0.5, 0.6) is 0 Å². The molecule has 0 spiro atoms. The summed E-state index contributed by atoms with van der Waals surface area (Å²) in [6, 6.07) is 6.05. The fraction of sp³-hybridized carbons (Fsp3) is 0.409. The molecule has 0 bridgehead atoms. The van der Waals surface area contributed by atoms with Gasteiger partial charge in [-0.05, 0) is 43.9 Å². The first-order valence-electron chi connectivity index (χ1n) is 10.2. The molecule has 1 aromatic heterocycles. The summed E-state index contributed by atoms with van der Waals surface area (Å²) < 4.78 is 13.4. The monoisotopic (exact) mass is 411 g/mol. The third-order valence-electron chi connectivity index (χ3n) is 4.82. The highest BCUT2D eigenvalue weighted by atomic mass is 19.1. The third-order valence-corrected chi connectivity index (χ3v) is 4.82. The van der Waals surface area contributed by atoms with Crippen LogP contribution < -0.4 is 16.0 Å². The molecule has 2 aromatic rings. The number of anilines is 3. The zero-order valence-electron chi connectivity index (χ0n) is 16.9. The highest BCUT2D eigenvalue weighted by Gasteiger charge is 2.21. The molecule has 1 heterocycles. The van der Waals surface area contributed by atoms with Gasteiger partial charge >= 0.3 is 6.09 Å². The standard InChI is InChI=1S/C22H26FN5O2/c1-2-11-24-20-16(10-9-15-5-3-7-18(12-15)27-22(29)30)14-25-21(28-20)26-19-8-4-6-17(23)13-19/h4,6,8,13-15,18,27H,2-3,5,7,11-12H2,1H3,(H,29,30)(H2,24,25,26,28). The van der Waals surface area contributed by atoms with Crippen LogP contribution in [0.2, 0.25) is 0 Å². The van der Waals surface area contributed by atoms with E-state index in [0.29, 0.717) is 29.4 Å². The Morgan fingerprint density at radius 3 is 3.00 bits per heavy atom. The number of aromatic nitrogens is 2. The van der Waals surface area contributed by atoms with Crippen LogP contribution in [0.3, 0.4) is 0 Å². The molecule has 8 heteroatoms. The normalized spacial score (nSPS) is 18.1. The SMILES string of the molecule is CCCNc1nc(Nc2cccc(F)c2)ncc1C#CC1CCCC(NC(=O)O)C1. The Morgan fingerprint density at radius 2 is 2.23 bits per heavy atom. The highest BCUT2D eigenvalue weighted by Crippen LogP contribution is 2.24. The lowest BCUT2D eigenvalue weighted by Crippen LogP contribution is -2.37. The van der Waals surface area contributed by atoms with Gasteiger partial charge in [0.1, 0.15) is 11.6 Å². The second-order valence-corrected chi connectivity index (χ2v) is 7.30. The summed E-state index contributed by atoms with van der Waals surface area (Å²) in [6.45, 7) is 2.79. The minimum Gasteiger partial charge on any atom is -0.465 e. The Bertz CT molecular complexity index is 941. The summed E-state index contributed by atoms with van der Waals surface area (Å²) >= 11 is 0. The third kappa shape index (κ3) is 6.34. The van der Waals surface area contributed by atoms with Gasteiger partial charge in [0.15, 0.2) is 0 Å². The molecule has 30 heavy (non-hydrogen) atoms. The van der Waals surface area contributed by atoms with Gasteiger partial charge in [-0.25, -0.2) is 14.2 Å². The van der Waals surface area contributed by atoms with Gasteiger partial charge in [-0.1, -0.05) is 31.3 Å². The number of hydrogen-bond donors (Lipinski definition) is 4. The van der Waals surface area contributed by atoms with Gasteiger partial charge in [0.2, 0.25) is 5.95 Å². The minimum absolute atomic E-state index is 0.0534. The molecule has 1 aromatic carbocycles. The molecular weight excluding hydrogens is 385 g/mol. The average Bonchev–Trinajstić information content (AvgIpc) is 2.71. The van der Waals surface area contributed by atoms with Crippen molar-refractivity contribution in [3.8, 4) is 11.8 Å². The van der Waals surface area contributed by atoms with E-state index in [2.05, 4.69) is 44.7 Å². The molecule has 1 amide bonds. The summed E-state index contributed by atoms with van der Waals surface area (Å²) in [7, 11) is 0. The van der Waals surface area contributed by atoms with Crippen molar-refractivity contribution in [2.24, 2.45) is 5.92 Å². The predicted octanol–water partition coefficient (Wildman–Crippen LogP) is 4.36. The van der Waals surface area contributed by atoms with Gasteiger partial charge in [-0.3, -0.25) is 0 Å². The molecule has 2 atom stereocenters. The van der Waals surface area contributed by atoms with E-state index in [4.69, 9.17) is 5.11 Å². The molecule has 1 saturated carbocycles. The van der Waals surface area contributed by atoms with Crippen LogP contribution in [-0.4, -0.2) is 33.8 Å². The summed E-state index contributed by atoms with van der Waals surface area (Å²) in [4.78, 5) is 19.7. The smallest absolute Gasteiger partial charge is 0.404 e. The van der Waals surface area contributed by atoms with Crippen LogP contribution in [0.1, 0.15) is 44.6 Å². The van der Waals surface area contributed by atoms with Crippen LogP contribution in [0.15, 0.2) is 30.5 Å². The van der Waals surface area contributed by atoms with Gasteiger partial charge in [0, 0.05) is 24.2 Å². The molecule has 3 rings (SSSR count). The van der Waals surface area contributed by atoms with E-state index in [9.17, 15) is 9.18 Å². The molecule has 1 aliphatic carbocycles. The van der Waals surface area contributed by atoms with Crippen molar-refractivity contribution in [3.63, 3.8) is 0 Å². The van der Waals surface area contributed by atoms with Gasteiger partial charge in [-0.2, -0.15) is 4.98 Å². The predicted molar refractivity (Wildman–Crippen MR) is 114 cm³/mol. The van der Waals surface area contributed by atoms with E-state index in [0.717, 1.165) is 32.2 Å². The van der Waals surface area contributed by atoms with E-state index >= 15 is 0 Å². The summed E-state index contributed by atoms with van der Waals surface area (Å²) in [5.41, 5.74) is 1.25. The number of hydrogen-bond acceptors (Lipinski definition) is 5. The van der Waals surface area contributed by atoms with Crippen LogP contribution in [0, 0.1) is 23.6 Å². The van der Waals surface area contributed by atoms with Crippen molar-refractivity contribution in [2.45, 2.75) is 45.1 Å². The number of benzene rings is 1. The lowest BCUT2D eigenvalue weighted by atomic mass is 9.86. The first-order chi connectivity index (χ1) is 14.5. The van der Waals surface area contributed by atoms with E-state index in [1.54, 1.807) is 18.3 Å². The largest absolute Gasteiger partial charge is 0.465 e. The Balaban J connectivity index is 1.75. The Morgan fingerprint density at radius 1 is 1.37 bits per heavy atom. The lowest BCUT2D eigenvalue weighted by molar-refractivity contribution is 0.184. The number of carbonyl (C=O) groups is 1. The zero-order valence-corrected chi connectivity index (χ0v) is 16.9. The minimum atomic E-state index is -0.991. The number of rotatable bonds is 6. The molecule has 1 aliphatic rings. The maximum absolute atomic E-state index is 13.4. The van der Waals surface area contributed by atoms with E-state index in [-0.39, 0.29) is 17.8 Å². The van der Waals surface area contributed by atoms with Crippen molar-refractivity contribution in [1.29, 1.82) is 0 Å². The topological polar surface area (TPSA) is 99.2 Å². The molecular formula is C22H26FN5O2. The van der Waals surface area contributed by atoms with E-state index < -0.39 is 6.09 Å². The molecule has 0 aliphatic heterocycles. The number of nitrogens with zero attached hydrogens (tertiary/aromatic N) is 2. The zero-order chi connectivity index (χ0) is 21.3. The van der Waals surface area contributed by atoms with Gasteiger partial charge < -0.3 is 21.1 Å². The molecule has 1 fully saturated rings. The van der Waals surface area contributed by atoms with E-state index in [1.807, 2.05) is 0 Å². The van der Waals surface area contributed by atoms with Gasteiger partial charge in [-0.15, -0.1) is 0 Å². The summed E-state index contributed by atoms with van der Waals surface area (Å²) in [5.74, 6) is 7.19. The fourth-order valence-corrected chi connectivity index (χ4v) is 3.41. The molecule has 2 unspecified atom stereocenters. The second-order valence-electron chi connectivity index (χ2n) is 7.30. The first-order valence-corrected chi connectivity index (χ1v) is 10.2.